The maximum Gasteiger partial charge on any atom is 0.217 e. The number of quaternary nitrogens is 1. The molecule has 4 N–H and O–H groups in total. The Hall–Kier alpha value is -0.170. The molecule has 0 aliphatic carbocycles. The van der Waals surface area contributed by atoms with E-state index >= 15 is 0 Å². The molecule has 0 spiro atoms. The zero-order chi connectivity index (χ0) is 22.0. The number of rotatable bonds is 20. The van der Waals surface area contributed by atoms with Gasteiger partial charge >= 0.3 is 0 Å². The lowest BCUT2D eigenvalue weighted by molar-refractivity contribution is 0.240. The van der Waals surface area contributed by atoms with E-state index in [2.05, 4.69) is 31.9 Å². The van der Waals surface area contributed by atoms with E-state index < -0.39 is 10.4 Å². The summed E-state index contributed by atoms with van der Waals surface area (Å²) in [6, 6.07) is 0. The highest BCUT2D eigenvalue weighted by Gasteiger charge is 2.18. The molecular formula is C24H53NO4S. The normalized spacial score (nSPS) is 13.2. The molecule has 0 aromatic heterocycles. The molecule has 1 atom stereocenters. The molecule has 0 radical (unpaired) electrons. The van der Waals surface area contributed by atoms with Gasteiger partial charge in [-0.05, 0) is 17.8 Å². The molecule has 0 rings (SSSR count). The molecule has 0 aliphatic heterocycles. The van der Waals surface area contributed by atoms with Crippen molar-refractivity contribution in [3.63, 3.8) is 0 Å². The summed E-state index contributed by atoms with van der Waals surface area (Å²) in [7, 11) is -4.50. The summed E-state index contributed by atoms with van der Waals surface area (Å²) in [5.41, 5.74) is 0.460. The van der Waals surface area contributed by atoms with Crippen LogP contribution in [-0.2, 0) is 14.6 Å². The highest BCUT2D eigenvalue weighted by Crippen LogP contribution is 2.29. The zero-order valence-corrected chi connectivity index (χ0v) is 21.7. The Kier molecular flexibility index (Phi) is 20.8. The number of unbranched alkanes of at least 4 members (excludes halogenated alkanes) is 15. The average Bonchev–Trinajstić information content (AvgIpc) is 2.61. The van der Waals surface area contributed by atoms with Gasteiger partial charge in [-0.3, -0.25) is 4.18 Å². The van der Waals surface area contributed by atoms with Gasteiger partial charge in [-0.2, -0.15) is 0 Å². The van der Waals surface area contributed by atoms with E-state index in [0.29, 0.717) is 11.8 Å². The maximum atomic E-state index is 10.3. The summed E-state index contributed by atoms with van der Waals surface area (Å²) in [6.07, 6.45) is 21.7. The average molecular weight is 452 g/mol. The van der Waals surface area contributed by atoms with Crippen LogP contribution in [0.1, 0.15) is 137 Å². The van der Waals surface area contributed by atoms with Crippen molar-refractivity contribution in [1.82, 2.24) is 6.15 Å². The van der Waals surface area contributed by atoms with E-state index in [-0.39, 0.29) is 12.8 Å². The van der Waals surface area contributed by atoms with E-state index in [1.54, 1.807) is 0 Å². The van der Waals surface area contributed by atoms with Gasteiger partial charge < -0.3 is 10.7 Å². The van der Waals surface area contributed by atoms with E-state index in [1.165, 1.54) is 89.9 Å². The van der Waals surface area contributed by atoms with Crippen molar-refractivity contribution >= 4 is 10.4 Å². The molecule has 184 valence electrons. The van der Waals surface area contributed by atoms with Gasteiger partial charge in [0.05, 0.1) is 6.61 Å². The van der Waals surface area contributed by atoms with E-state index in [0.717, 1.165) is 18.8 Å². The monoisotopic (exact) mass is 451 g/mol. The quantitative estimate of drug-likeness (QED) is 0.114. The molecule has 0 aliphatic rings. The lowest BCUT2D eigenvalue weighted by Gasteiger charge is -2.27. The van der Waals surface area contributed by atoms with Crippen LogP contribution in [0.2, 0.25) is 0 Å². The first-order chi connectivity index (χ1) is 13.6. The molecule has 0 saturated carbocycles. The predicted octanol–water partition coefficient (Wildman–Crippen LogP) is 8.15. The molecular weight excluding hydrogens is 398 g/mol. The minimum Gasteiger partial charge on any atom is -0.726 e. The Morgan fingerprint density at radius 2 is 0.967 bits per heavy atom. The number of hydrogen-bond acceptors (Lipinski definition) is 4. The van der Waals surface area contributed by atoms with Crippen LogP contribution in [0.4, 0.5) is 0 Å². The van der Waals surface area contributed by atoms with E-state index in [9.17, 15) is 13.0 Å². The Labute approximate surface area is 188 Å². The molecule has 0 bridgehead atoms. The number of hydrogen-bond donors (Lipinski definition) is 1. The Morgan fingerprint density at radius 1 is 0.667 bits per heavy atom. The largest absolute Gasteiger partial charge is 0.726 e. The minimum atomic E-state index is -4.50. The fourth-order valence-electron chi connectivity index (χ4n) is 3.62. The predicted molar refractivity (Wildman–Crippen MR) is 129 cm³/mol. The van der Waals surface area contributed by atoms with Crippen LogP contribution in [0.3, 0.4) is 0 Å². The summed E-state index contributed by atoms with van der Waals surface area (Å²) in [5, 5.41) is 0. The summed E-state index contributed by atoms with van der Waals surface area (Å²) >= 11 is 0. The molecule has 5 nitrogen and oxygen atoms in total. The summed E-state index contributed by atoms with van der Waals surface area (Å²) in [5.74, 6) is 0.827. The lowest BCUT2D eigenvalue weighted by Crippen LogP contribution is -2.16. The van der Waals surface area contributed by atoms with Crippen molar-refractivity contribution < 1.29 is 17.2 Å². The van der Waals surface area contributed by atoms with Crippen molar-refractivity contribution in [2.75, 3.05) is 6.61 Å². The first kappa shape index (κ1) is 32.0. The Bertz CT molecular complexity index is 460. The van der Waals surface area contributed by atoms with Gasteiger partial charge in [0.25, 0.3) is 0 Å². The fourth-order valence-corrected chi connectivity index (χ4v) is 3.94. The third-order valence-corrected chi connectivity index (χ3v) is 6.69. The third-order valence-electron chi connectivity index (χ3n) is 6.24. The second-order valence-corrected chi connectivity index (χ2v) is 11.0. The van der Waals surface area contributed by atoms with Gasteiger partial charge in [-0.25, -0.2) is 8.42 Å². The van der Waals surface area contributed by atoms with Crippen LogP contribution in [0, 0.1) is 11.3 Å². The molecule has 1 unspecified atom stereocenters. The molecule has 0 amide bonds. The van der Waals surface area contributed by atoms with Gasteiger partial charge in [-0.15, -0.1) is 0 Å². The SMILES string of the molecule is CC(CCCCCCCCCCCCCCCCCCOS(=O)(=O)[O-])C(C)(C)C.[NH4+]. The highest BCUT2D eigenvalue weighted by atomic mass is 32.3. The molecule has 30 heavy (non-hydrogen) atoms. The summed E-state index contributed by atoms with van der Waals surface area (Å²) in [6.45, 7) is 9.48. The van der Waals surface area contributed by atoms with Crippen molar-refractivity contribution in [3.05, 3.63) is 0 Å². The Balaban J connectivity index is 0. The first-order valence-corrected chi connectivity index (χ1v) is 13.6. The molecule has 0 heterocycles. The second-order valence-electron chi connectivity index (χ2n) is 9.94. The van der Waals surface area contributed by atoms with Crippen molar-refractivity contribution in [2.45, 2.75) is 137 Å². The van der Waals surface area contributed by atoms with Crippen LogP contribution >= 0.6 is 0 Å². The van der Waals surface area contributed by atoms with Gasteiger partial charge in [0.1, 0.15) is 0 Å². The zero-order valence-electron chi connectivity index (χ0n) is 20.8. The molecule has 0 fully saturated rings. The van der Waals surface area contributed by atoms with Gasteiger partial charge in [-0.1, -0.05) is 130 Å². The standard InChI is InChI=1S/C24H50O4S.H3N/c1-23(24(2,3)4)21-19-17-15-13-11-9-7-5-6-8-10-12-14-16-18-20-22-28-29(25,26)27;/h23H,5-22H2,1-4H3,(H,25,26,27);1H3. The minimum absolute atomic E-state index is 0. The first-order valence-electron chi connectivity index (χ1n) is 12.2. The van der Waals surface area contributed by atoms with Gasteiger partial charge in [0.2, 0.25) is 10.4 Å². The molecule has 6 heteroatoms. The topological polar surface area (TPSA) is 103 Å². The van der Waals surface area contributed by atoms with Gasteiger partial charge in [0, 0.05) is 0 Å². The van der Waals surface area contributed by atoms with Crippen molar-refractivity contribution in [1.29, 1.82) is 0 Å². The van der Waals surface area contributed by atoms with Crippen molar-refractivity contribution in [2.24, 2.45) is 11.3 Å². The lowest BCUT2D eigenvalue weighted by atomic mass is 9.79. The van der Waals surface area contributed by atoms with Gasteiger partial charge in [0.15, 0.2) is 0 Å². The second kappa shape index (κ2) is 19.5. The fraction of sp³-hybridized carbons (Fsp3) is 1.00. The van der Waals surface area contributed by atoms with Crippen LogP contribution in [0.15, 0.2) is 0 Å². The van der Waals surface area contributed by atoms with E-state index in [4.69, 9.17) is 0 Å². The van der Waals surface area contributed by atoms with E-state index in [1.807, 2.05) is 0 Å². The summed E-state index contributed by atoms with van der Waals surface area (Å²) < 4.78 is 35.0. The van der Waals surface area contributed by atoms with Crippen LogP contribution < -0.4 is 6.15 Å². The highest BCUT2D eigenvalue weighted by molar-refractivity contribution is 7.80. The van der Waals surface area contributed by atoms with Crippen molar-refractivity contribution in [3.8, 4) is 0 Å². The van der Waals surface area contributed by atoms with Crippen LogP contribution in [-0.4, -0.2) is 19.6 Å². The Morgan fingerprint density at radius 3 is 1.27 bits per heavy atom. The molecule has 0 aromatic carbocycles. The molecule has 0 aromatic rings. The van der Waals surface area contributed by atoms with Crippen LogP contribution in [0.5, 0.6) is 0 Å². The summed E-state index contributed by atoms with van der Waals surface area (Å²) in [4.78, 5) is 0. The maximum absolute atomic E-state index is 10.3. The van der Waals surface area contributed by atoms with Crippen LogP contribution in [0.25, 0.3) is 0 Å². The smallest absolute Gasteiger partial charge is 0.217 e. The molecule has 0 saturated heterocycles. The third kappa shape index (κ3) is 24.1.